The molecule has 1 atom stereocenters. The van der Waals surface area contributed by atoms with Gasteiger partial charge in [0, 0.05) is 12.6 Å². The summed E-state index contributed by atoms with van der Waals surface area (Å²) in [5.41, 5.74) is 1.78. The van der Waals surface area contributed by atoms with Crippen LogP contribution in [0.3, 0.4) is 0 Å². The van der Waals surface area contributed by atoms with Gasteiger partial charge in [-0.15, -0.1) is 0 Å². The molecule has 0 radical (unpaired) electrons. The molecular weight excluding hydrogens is 338 g/mol. The van der Waals surface area contributed by atoms with Crippen LogP contribution in [0.15, 0.2) is 17.0 Å². The van der Waals surface area contributed by atoms with Crippen LogP contribution >= 0.6 is 0 Å². The molecule has 1 aromatic rings. The Bertz CT molecular complexity index is 799. The Hall–Kier alpha value is -1.12. The van der Waals surface area contributed by atoms with Gasteiger partial charge in [0.2, 0.25) is 10.0 Å². The maximum absolute atomic E-state index is 13.1. The SMILES string of the molecule is CCN(C1CCS(=O)(=O)C1)S(=O)(=O)c1cc(C)c(C)cc1OC. The molecule has 0 bridgehead atoms. The third-order valence-electron chi connectivity index (χ3n) is 4.29. The topological polar surface area (TPSA) is 80.8 Å². The first kappa shape index (κ1) is 18.2. The number of nitrogens with zero attached hydrogens (tertiary/aromatic N) is 1. The highest BCUT2D eigenvalue weighted by molar-refractivity contribution is 7.92. The molecule has 130 valence electrons. The molecule has 0 aromatic heterocycles. The number of benzene rings is 1. The number of sulfonamides is 1. The molecule has 0 saturated carbocycles. The first-order chi connectivity index (χ1) is 10.6. The molecule has 0 N–H and O–H groups in total. The van der Waals surface area contributed by atoms with Crippen LogP contribution in [0.5, 0.6) is 5.75 Å². The molecule has 1 unspecified atom stereocenters. The smallest absolute Gasteiger partial charge is 0.247 e. The fourth-order valence-electron chi connectivity index (χ4n) is 2.88. The van der Waals surface area contributed by atoms with E-state index in [0.29, 0.717) is 6.42 Å². The molecule has 0 amide bonds. The van der Waals surface area contributed by atoms with Crippen molar-refractivity contribution in [1.82, 2.24) is 4.31 Å². The summed E-state index contributed by atoms with van der Waals surface area (Å²) < 4.78 is 56.0. The van der Waals surface area contributed by atoms with E-state index in [1.54, 1.807) is 19.1 Å². The fourth-order valence-corrected chi connectivity index (χ4v) is 6.59. The van der Waals surface area contributed by atoms with E-state index in [1.165, 1.54) is 11.4 Å². The van der Waals surface area contributed by atoms with E-state index in [4.69, 9.17) is 4.74 Å². The van der Waals surface area contributed by atoms with Crippen molar-refractivity contribution in [3.05, 3.63) is 23.3 Å². The van der Waals surface area contributed by atoms with E-state index in [2.05, 4.69) is 0 Å². The maximum atomic E-state index is 13.1. The summed E-state index contributed by atoms with van der Waals surface area (Å²) in [6.45, 7) is 5.66. The predicted molar refractivity (Wildman–Crippen MR) is 89.1 cm³/mol. The van der Waals surface area contributed by atoms with Crippen LogP contribution in [-0.4, -0.2) is 52.3 Å². The lowest BCUT2D eigenvalue weighted by Gasteiger charge is -2.27. The van der Waals surface area contributed by atoms with Gasteiger partial charge in [0.25, 0.3) is 0 Å². The summed E-state index contributed by atoms with van der Waals surface area (Å²) in [6.07, 6.45) is 0.336. The molecule has 6 nitrogen and oxygen atoms in total. The zero-order valence-electron chi connectivity index (χ0n) is 13.9. The van der Waals surface area contributed by atoms with Crippen molar-refractivity contribution in [1.29, 1.82) is 0 Å². The van der Waals surface area contributed by atoms with Crippen molar-refractivity contribution in [2.75, 3.05) is 25.2 Å². The van der Waals surface area contributed by atoms with E-state index in [0.717, 1.165) is 11.1 Å². The number of aryl methyl sites for hydroxylation is 2. The Labute approximate surface area is 138 Å². The van der Waals surface area contributed by atoms with E-state index in [-0.39, 0.29) is 28.7 Å². The maximum Gasteiger partial charge on any atom is 0.247 e. The highest BCUT2D eigenvalue weighted by Gasteiger charge is 2.39. The zero-order chi connectivity index (χ0) is 17.4. The molecule has 8 heteroatoms. The van der Waals surface area contributed by atoms with Crippen LogP contribution in [-0.2, 0) is 19.9 Å². The van der Waals surface area contributed by atoms with Crippen LogP contribution in [0.1, 0.15) is 24.5 Å². The highest BCUT2D eigenvalue weighted by atomic mass is 32.2. The van der Waals surface area contributed by atoms with E-state index < -0.39 is 25.9 Å². The summed E-state index contributed by atoms with van der Waals surface area (Å²) >= 11 is 0. The van der Waals surface area contributed by atoms with Gasteiger partial charge in [-0.25, -0.2) is 16.8 Å². The monoisotopic (exact) mass is 361 g/mol. The lowest BCUT2D eigenvalue weighted by atomic mass is 10.1. The number of ether oxygens (including phenoxy) is 1. The van der Waals surface area contributed by atoms with E-state index in [9.17, 15) is 16.8 Å². The van der Waals surface area contributed by atoms with E-state index in [1.807, 2.05) is 13.8 Å². The van der Waals surface area contributed by atoms with Gasteiger partial charge in [0.1, 0.15) is 10.6 Å². The average molecular weight is 361 g/mol. The van der Waals surface area contributed by atoms with E-state index >= 15 is 0 Å². The third-order valence-corrected chi connectivity index (χ3v) is 8.09. The third kappa shape index (κ3) is 3.54. The second-order valence-corrected chi connectivity index (χ2v) is 9.94. The van der Waals surface area contributed by atoms with Gasteiger partial charge in [0.15, 0.2) is 9.84 Å². The van der Waals surface area contributed by atoms with Crippen molar-refractivity contribution in [2.24, 2.45) is 0 Å². The van der Waals surface area contributed by atoms with Gasteiger partial charge in [-0.2, -0.15) is 4.31 Å². The van der Waals surface area contributed by atoms with Crippen molar-refractivity contribution in [2.45, 2.75) is 38.1 Å². The lowest BCUT2D eigenvalue weighted by molar-refractivity contribution is 0.349. The lowest BCUT2D eigenvalue weighted by Crippen LogP contribution is -2.41. The molecule has 0 spiro atoms. The molecule has 1 aliphatic rings. The van der Waals surface area contributed by atoms with Crippen molar-refractivity contribution in [3.8, 4) is 5.75 Å². The molecule has 2 rings (SSSR count). The Morgan fingerprint density at radius 1 is 1.26 bits per heavy atom. The van der Waals surface area contributed by atoms with Crippen LogP contribution in [0.4, 0.5) is 0 Å². The highest BCUT2D eigenvalue weighted by Crippen LogP contribution is 2.32. The first-order valence-electron chi connectivity index (χ1n) is 7.50. The summed E-state index contributed by atoms with van der Waals surface area (Å²) in [4.78, 5) is 0.0919. The van der Waals surface area contributed by atoms with Crippen LogP contribution < -0.4 is 4.74 Å². The minimum absolute atomic E-state index is 0.0355. The Morgan fingerprint density at radius 3 is 2.35 bits per heavy atom. The molecule has 23 heavy (non-hydrogen) atoms. The molecule has 1 heterocycles. The summed E-state index contributed by atoms with van der Waals surface area (Å²) in [5.74, 6) is 0.202. The predicted octanol–water partition coefficient (Wildman–Crippen LogP) is 1.51. The van der Waals surface area contributed by atoms with Gasteiger partial charge in [-0.1, -0.05) is 6.92 Å². The van der Waals surface area contributed by atoms with Gasteiger partial charge in [0.05, 0.1) is 18.6 Å². The molecular formula is C15H23NO5S2. The first-order valence-corrected chi connectivity index (χ1v) is 10.8. The molecule has 1 fully saturated rings. The van der Waals surface area contributed by atoms with Gasteiger partial charge in [-0.05, 0) is 43.5 Å². The fraction of sp³-hybridized carbons (Fsp3) is 0.600. The zero-order valence-corrected chi connectivity index (χ0v) is 15.5. The number of hydrogen-bond donors (Lipinski definition) is 0. The Kier molecular flexibility index (Phi) is 5.08. The molecule has 1 aromatic carbocycles. The minimum atomic E-state index is -3.82. The second-order valence-electron chi connectivity index (χ2n) is 5.85. The number of methoxy groups -OCH3 is 1. The van der Waals surface area contributed by atoms with Crippen molar-refractivity contribution >= 4 is 19.9 Å². The summed E-state index contributed by atoms with van der Waals surface area (Å²) in [6, 6.07) is 2.78. The van der Waals surface area contributed by atoms with Crippen molar-refractivity contribution in [3.63, 3.8) is 0 Å². The number of hydrogen-bond acceptors (Lipinski definition) is 5. The summed E-state index contributed by atoms with van der Waals surface area (Å²) in [7, 11) is -5.55. The number of rotatable bonds is 5. The van der Waals surface area contributed by atoms with Crippen molar-refractivity contribution < 1.29 is 21.6 Å². The van der Waals surface area contributed by atoms with Gasteiger partial charge < -0.3 is 4.74 Å². The average Bonchev–Trinajstić information content (AvgIpc) is 2.81. The quantitative estimate of drug-likeness (QED) is 0.794. The van der Waals surface area contributed by atoms with Crippen LogP contribution in [0.25, 0.3) is 0 Å². The molecule has 0 aliphatic carbocycles. The second kappa shape index (κ2) is 6.41. The Balaban J connectivity index is 2.50. The largest absolute Gasteiger partial charge is 0.495 e. The number of sulfone groups is 1. The minimum Gasteiger partial charge on any atom is -0.495 e. The standard InChI is InChI=1S/C15H23NO5S2/c1-5-16(13-6-7-22(17,18)10-13)23(19,20)15-9-12(3)11(2)8-14(15)21-4/h8-9,13H,5-7,10H2,1-4H3. The van der Waals surface area contributed by atoms with Gasteiger partial charge >= 0.3 is 0 Å². The normalized spacial score (nSPS) is 20.8. The Morgan fingerprint density at radius 2 is 1.87 bits per heavy atom. The van der Waals surface area contributed by atoms with Crippen LogP contribution in [0, 0.1) is 13.8 Å². The van der Waals surface area contributed by atoms with Gasteiger partial charge in [-0.3, -0.25) is 0 Å². The molecule has 1 saturated heterocycles. The molecule has 1 aliphatic heterocycles. The van der Waals surface area contributed by atoms with Crippen LogP contribution in [0.2, 0.25) is 0 Å². The summed E-state index contributed by atoms with van der Waals surface area (Å²) in [5, 5.41) is 0.